The van der Waals surface area contributed by atoms with Crippen LogP contribution in [0.15, 0.2) is 47.0 Å². The Morgan fingerprint density at radius 3 is 2.71 bits per heavy atom. The lowest BCUT2D eigenvalue weighted by molar-refractivity contribution is 0.241. The number of fused-ring (bicyclic) bond motifs is 1. The second-order valence-electron chi connectivity index (χ2n) is 7.10. The topological polar surface area (TPSA) is 139 Å². The van der Waals surface area contributed by atoms with Crippen molar-refractivity contribution in [2.75, 3.05) is 0 Å². The average molecular weight is 439 g/mol. The second kappa shape index (κ2) is 8.00. The van der Waals surface area contributed by atoms with E-state index in [4.69, 9.17) is 23.6 Å². The molecule has 0 atom stereocenters. The van der Waals surface area contributed by atoms with Crippen LogP contribution in [0, 0.1) is 11.3 Å². The summed E-state index contributed by atoms with van der Waals surface area (Å²) in [5.74, 6) is 1.15. The zero-order chi connectivity index (χ0) is 22.2. The standard InChI is InChI=1S/C21H18N3O6P/c1-12(2)28-18-8-6-13(10-14(18)11-22)21-23-20(24-29-21)17-5-3-4-16-15(17)7-9-19(16)30-31(25,26)27/h3-6,8-10,12H,7H2,1-2H3,(H2,25,26,27). The van der Waals surface area contributed by atoms with Gasteiger partial charge in [-0.1, -0.05) is 23.4 Å². The molecule has 0 fully saturated rings. The van der Waals surface area contributed by atoms with Crippen LogP contribution in [-0.2, 0) is 15.5 Å². The van der Waals surface area contributed by atoms with E-state index in [9.17, 15) is 9.83 Å². The number of rotatable bonds is 6. The van der Waals surface area contributed by atoms with E-state index in [1.807, 2.05) is 13.8 Å². The first kappa shape index (κ1) is 20.8. The largest absolute Gasteiger partial charge is 0.524 e. The number of phosphoric ester groups is 1. The Morgan fingerprint density at radius 1 is 1.23 bits per heavy atom. The van der Waals surface area contributed by atoms with Gasteiger partial charge in [0.05, 0.1) is 11.7 Å². The van der Waals surface area contributed by atoms with Gasteiger partial charge in [-0.25, -0.2) is 4.57 Å². The maximum Gasteiger partial charge on any atom is 0.524 e. The van der Waals surface area contributed by atoms with E-state index in [2.05, 4.69) is 16.2 Å². The van der Waals surface area contributed by atoms with Crippen molar-refractivity contribution in [3.63, 3.8) is 0 Å². The molecule has 3 aromatic rings. The van der Waals surface area contributed by atoms with Gasteiger partial charge in [0, 0.05) is 16.7 Å². The van der Waals surface area contributed by atoms with Gasteiger partial charge in [-0.15, -0.1) is 0 Å². The smallest absolute Gasteiger partial charge is 0.490 e. The Hall–Kier alpha value is -3.44. The number of hydrogen-bond donors (Lipinski definition) is 2. The summed E-state index contributed by atoms with van der Waals surface area (Å²) in [6.07, 6.45) is 1.94. The highest BCUT2D eigenvalue weighted by molar-refractivity contribution is 7.46. The third-order valence-electron chi connectivity index (χ3n) is 4.53. The first-order chi connectivity index (χ1) is 14.7. The van der Waals surface area contributed by atoms with Crippen LogP contribution >= 0.6 is 7.82 Å². The van der Waals surface area contributed by atoms with Gasteiger partial charge in [-0.2, -0.15) is 10.2 Å². The minimum Gasteiger partial charge on any atom is -0.490 e. The molecule has 4 rings (SSSR count). The number of aromatic nitrogens is 2. The molecular formula is C21H18N3O6P. The molecule has 1 aliphatic carbocycles. The number of benzene rings is 2. The molecule has 2 aromatic carbocycles. The second-order valence-corrected chi connectivity index (χ2v) is 8.26. The van der Waals surface area contributed by atoms with Crippen LogP contribution in [0.3, 0.4) is 0 Å². The molecule has 1 aliphatic rings. The van der Waals surface area contributed by atoms with Gasteiger partial charge < -0.3 is 13.8 Å². The first-order valence-electron chi connectivity index (χ1n) is 9.38. The van der Waals surface area contributed by atoms with Gasteiger partial charge in [0.2, 0.25) is 5.82 Å². The van der Waals surface area contributed by atoms with Crippen LogP contribution in [-0.4, -0.2) is 26.0 Å². The van der Waals surface area contributed by atoms with E-state index < -0.39 is 7.82 Å². The molecule has 1 heterocycles. The molecule has 0 bridgehead atoms. The quantitative estimate of drug-likeness (QED) is 0.544. The summed E-state index contributed by atoms with van der Waals surface area (Å²) in [5, 5.41) is 13.5. The summed E-state index contributed by atoms with van der Waals surface area (Å²) in [6, 6.07) is 12.4. The predicted octanol–water partition coefficient (Wildman–Crippen LogP) is 4.07. The summed E-state index contributed by atoms with van der Waals surface area (Å²) < 4.78 is 27.0. The third-order valence-corrected chi connectivity index (χ3v) is 4.96. The molecule has 31 heavy (non-hydrogen) atoms. The highest BCUT2D eigenvalue weighted by Gasteiger charge is 2.26. The number of ether oxygens (including phenoxy) is 1. The van der Waals surface area contributed by atoms with Crippen LogP contribution in [0.1, 0.15) is 30.5 Å². The molecule has 0 spiro atoms. The molecule has 0 aliphatic heterocycles. The minimum atomic E-state index is -4.67. The van der Waals surface area contributed by atoms with E-state index in [0.717, 1.165) is 5.56 Å². The van der Waals surface area contributed by atoms with Crippen molar-refractivity contribution in [2.45, 2.75) is 26.4 Å². The molecule has 2 N–H and O–H groups in total. The molecule has 9 nitrogen and oxygen atoms in total. The first-order valence-corrected chi connectivity index (χ1v) is 10.9. The Balaban J connectivity index is 1.66. The van der Waals surface area contributed by atoms with Crippen LogP contribution in [0.2, 0.25) is 0 Å². The lowest BCUT2D eigenvalue weighted by Gasteiger charge is -2.11. The van der Waals surface area contributed by atoms with Crippen molar-refractivity contribution in [3.05, 3.63) is 59.2 Å². The Labute approximate surface area is 177 Å². The van der Waals surface area contributed by atoms with Gasteiger partial charge in [0.25, 0.3) is 5.89 Å². The van der Waals surface area contributed by atoms with Gasteiger partial charge in [0.1, 0.15) is 17.6 Å². The Kier molecular flexibility index (Phi) is 5.38. The van der Waals surface area contributed by atoms with Crippen molar-refractivity contribution in [1.29, 1.82) is 5.26 Å². The average Bonchev–Trinajstić information content (AvgIpc) is 3.34. The zero-order valence-electron chi connectivity index (χ0n) is 16.6. The summed E-state index contributed by atoms with van der Waals surface area (Å²) in [5.41, 5.74) is 2.93. The molecule has 0 saturated carbocycles. The van der Waals surface area contributed by atoms with E-state index in [1.165, 1.54) is 0 Å². The number of hydrogen-bond acceptors (Lipinski definition) is 7. The van der Waals surface area contributed by atoms with Gasteiger partial charge in [0.15, 0.2) is 0 Å². The number of nitriles is 1. The van der Waals surface area contributed by atoms with Crippen LogP contribution in [0.4, 0.5) is 0 Å². The molecule has 158 valence electrons. The molecule has 0 saturated heterocycles. The highest BCUT2D eigenvalue weighted by atomic mass is 31.2. The molecule has 1 aromatic heterocycles. The fourth-order valence-corrected chi connectivity index (χ4v) is 3.75. The van der Waals surface area contributed by atoms with E-state index >= 15 is 0 Å². The molecule has 10 heteroatoms. The maximum absolute atomic E-state index is 11.2. The lowest BCUT2D eigenvalue weighted by atomic mass is 10.0. The zero-order valence-corrected chi connectivity index (χ0v) is 17.5. The van der Waals surface area contributed by atoms with Crippen molar-refractivity contribution in [1.82, 2.24) is 10.1 Å². The van der Waals surface area contributed by atoms with E-state index in [0.29, 0.717) is 40.2 Å². The van der Waals surface area contributed by atoms with E-state index in [-0.39, 0.29) is 17.8 Å². The maximum atomic E-state index is 11.2. The molecule has 0 radical (unpaired) electrons. The summed E-state index contributed by atoms with van der Waals surface area (Å²) in [6.45, 7) is 3.76. The fraction of sp³-hybridized carbons (Fsp3) is 0.190. The summed E-state index contributed by atoms with van der Waals surface area (Å²) in [7, 11) is -4.67. The monoisotopic (exact) mass is 439 g/mol. The summed E-state index contributed by atoms with van der Waals surface area (Å²) in [4.78, 5) is 22.7. The number of allylic oxidation sites excluding steroid dienone is 1. The molecule has 0 unspecified atom stereocenters. The Bertz CT molecular complexity index is 1270. The van der Waals surface area contributed by atoms with Gasteiger partial charge in [-0.05, 0) is 50.1 Å². The van der Waals surface area contributed by atoms with Crippen molar-refractivity contribution in [2.24, 2.45) is 0 Å². The predicted molar refractivity (Wildman–Crippen MR) is 110 cm³/mol. The summed E-state index contributed by atoms with van der Waals surface area (Å²) >= 11 is 0. The van der Waals surface area contributed by atoms with Crippen molar-refractivity contribution >= 4 is 13.6 Å². The van der Waals surface area contributed by atoms with Crippen molar-refractivity contribution < 1.29 is 28.1 Å². The van der Waals surface area contributed by atoms with Crippen molar-refractivity contribution in [3.8, 4) is 34.7 Å². The lowest BCUT2D eigenvalue weighted by Crippen LogP contribution is -2.06. The van der Waals surface area contributed by atoms with Crippen LogP contribution in [0.5, 0.6) is 5.75 Å². The molecular weight excluding hydrogens is 421 g/mol. The van der Waals surface area contributed by atoms with E-state index in [1.54, 1.807) is 42.5 Å². The number of phosphoric acid groups is 1. The minimum absolute atomic E-state index is 0.0683. The van der Waals surface area contributed by atoms with Gasteiger partial charge >= 0.3 is 7.82 Å². The highest BCUT2D eigenvalue weighted by Crippen LogP contribution is 2.45. The fourth-order valence-electron chi connectivity index (χ4n) is 3.32. The SMILES string of the molecule is CC(C)Oc1ccc(-c2nc(-c3cccc4c3CC=C4OP(=O)(O)O)no2)cc1C#N. The normalized spacial score (nSPS) is 13.0. The Morgan fingerprint density at radius 2 is 2.00 bits per heavy atom. The number of nitrogens with zero attached hydrogens (tertiary/aromatic N) is 3. The van der Waals surface area contributed by atoms with Gasteiger partial charge in [-0.3, -0.25) is 9.79 Å². The third kappa shape index (κ3) is 4.37. The molecule has 0 amide bonds. The van der Waals surface area contributed by atoms with Crippen LogP contribution < -0.4 is 4.74 Å². The van der Waals surface area contributed by atoms with Crippen LogP contribution in [0.25, 0.3) is 28.6 Å².